The Hall–Kier alpha value is -4.31. The van der Waals surface area contributed by atoms with E-state index in [9.17, 15) is 4.79 Å². The Morgan fingerprint density at radius 1 is 0.943 bits per heavy atom. The highest BCUT2D eigenvalue weighted by Crippen LogP contribution is 2.30. The van der Waals surface area contributed by atoms with Crippen LogP contribution in [-0.2, 0) is 11.3 Å². The molecule has 178 valence electrons. The van der Waals surface area contributed by atoms with Gasteiger partial charge in [-0.3, -0.25) is 9.36 Å². The van der Waals surface area contributed by atoms with E-state index in [1.807, 2.05) is 42.5 Å². The Kier molecular flexibility index (Phi) is 5.87. The molecule has 0 aliphatic heterocycles. The van der Waals surface area contributed by atoms with E-state index in [2.05, 4.69) is 5.10 Å². The van der Waals surface area contributed by atoms with Crippen molar-refractivity contribution in [2.75, 3.05) is 27.9 Å². The molecule has 35 heavy (non-hydrogen) atoms. The number of nitrogens with zero attached hydrogens (tertiary/aromatic N) is 6. The van der Waals surface area contributed by atoms with Gasteiger partial charge in [0.2, 0.25) is 0 Å². The molecule has 3 heterocycles. The van der Waals surface area contributed by atoms with Gasteiger partial charge in [-0.05, 0) is 31.2 Å². The average Bonchev–Trinajstić information content (AvgIpc) is 3.17. The van der Waals surface area contributed by atoms with Crippen LogP contribution in [0.4, 0.5) is 0 Å². The fraction of sp³-hybridized carbons (Fsp3) is 0.240. The number of hydrogen-bond donors (Lipinski definition) is 0. The van der Waals surface area contributed by atoms with Crippen LogP contribution in [0.25, 0.3) is 33.2 Å². The van der Waals surface area contributed by atoms with Gasteiger partial charge in [0.05, 0.1) is 44.6 Å². The summed E-state index contributed by atoms with van der Waals surface area (Å²) in [5.74, 6) is 1.67. The van der Waals surface area contributed by atoms with Gasteiger partial charge in [-0.25, -0.2) is 15.0 Å². The van der Waals surface area contributed by atoms with Gasteiger partial charge < -0.3 is 14.2 Å². The molecule has 0 unspecified atom stereocenters. The van der Waals surface area contributed by atoms with E-state index in [1.54, 1.807) is 43.7 Å². The van der Waals surface area contributed by atoms with E-state index in [4.69, 9.17) is 29.2 Å². The minimum Gasteiger partial charge on any atom is -0.493 e. The molecule has 5 rings (SSSR count). The Labute approximate surface area is 200 Å². The molecular weight excluding hydrogens is 448 g/mol. The number of rotatable bonds is 7. The summed E-state index contributed by atoms with van der Waals surface area (Å²) in [6.45, 7) is 2.54. The first-order chi connectivity index (χ1) is 17.1. The van der Waals surface area contributed by atoms with Gasteiger partial charge in [-0.15, -0.1) is 0 Å². The van der Waals surface area contributed by atoms with Crippen LogP contribution in [0, 0.1) is 6.92 Å². The Morgan fingerprint density at radius 2 is 1.71 bits per heavy atom. The summed E-state index contributed by atoms with van der Waals surface area (Å²) >= 11 is 0. The molecule has 3 aromatic heterocycles. The van der Waals surface area contributed by atoms with Crippen LogP contribution in [0.2, 0.25) is 0 Å². The van der Waals surface area contributed by atoms with Crippen molar-refractivity contribution in [3.05, 3.63) is 64.2 Å². The summed E-state index contributed by atoms with van der Waals surface area (Å²) in [7, 11) is 4.74. The summed E-state index contributed by atoms with van der Waals surface area (Å²) in [4.78, 5) is 27.9. The van der Waals surface area contributed by atoms with Crippen LogP contribution < -0.4 is 15.0 Å². The lowest BCUT2D eigenvalue weighted by atomic mass is 10.2. The second kappa shape index (κ2) is 9.15. The molecule has 0 bridgehead atoms. The van der Waals surface area contributed by atoms with Crippen molar-refractivity contribution in [2.45, 2.75) is 13.5 Å². The van der Waals surface area contributed by atoms with Crippen LogP contribution in [0.5, 0.6) is 11.5 Å². The number of aryl methyl sites for hydroxylation is 1. The SMILES string of the molecule is COCCn1c(C)nc2c(c1=O)c1nc3ccccc3nc1n2/N=C/c1cccc(OC)c1OC. The molecule has 0 saturated carbocycles. The Morgan fingerprint density at radius 3 is 2.43 bits per heavy atom. The molecule has 0 N–H and O–H groups in total. The number of benzene rings is 2. The molecule has 0 saturated heterocycles. The number of aromatic nitrogens is 5. The lowest BCUT2D eigenvalue weighted by molar-refractivity contribution is 0.185. The highest BCUT2D eigenvalue weighted by Gasteiger charge is 2.21. The average molecular weight is 473 g/mol. The first-order valence-corrected chi connectivity index (χ1v) is 11.0. The van der Waals surface area contributed by atoms with Gasteiger partial charge >= 0.3 is 0 Å². The monoisotopic (exact) mass is 472 g/mol. The van der Waals surface area contributed by atoms with Crippen molar-refractivity contribution in [3.8, 4) is 11.5 Å². The predicted molar refractivity (Wildman–Crippen MR) is 134 cm³/mol. The van der Waals surface area contributed by atoms with E-state index in [0.29, 0.717) is 69.3 Å². The van der Waals surface area contributed by atoms with Crippen LogP contribution in [0.1, 0.15) is 11.4 Å². The van der Waals surface area contributed by atoms with Crippen LogP contribution in [0.3, 0.4) is 0 Å². The van der Waals surface area contributed by atoms with Crippen molar-refractivity contribution in [1.29, 1.82) is 0 Å². The predicted octanol–water partition coefficient (Wildman–Crippen LogP) is 3.15. The molecule has 2 aromatic carbocycles. The van der Waals surface area contributed by atoms with E-state index in [0.717, 1.165) is 0 Å². The van der Waals surface area contributed by atoms with E-state index < -0.39 is 0 Å². The minimum absolute atomic E-state index is 0.216. The number of para-hydroxylation sites is 3. The van der Waals surface area contributed by atoms with Crippen LogP contribution in [0.15, 0.2) is 52.4 Å². The third-order valence-electron chi connectivity index (χ3n) is 5.80. The maximum atomic E-state index is 13.6. The van der Waals surface area contributed by atoms with Crippen molar-refractivity contribution < 1.29 is 14.2 Å². The zero-order chi connectivity index (χ0) is 24.5. The van der Waals surface area contributed by atoms with Gasteiger partial charge in [0.1, 0.15) is 16.7 Å². The van der Waals surface area contributed by atoms with Gasteiger partial charge in [0, 0.05) is 12.7 Å². The maximum absolute atomic E-state index is 13.6. The molecule has 0 atom stereocenters. The molecule has 0 amide bonds. The molecule has 10 nitrogen and oxygen atoms in total. The molecule has 10 heteroatoms. The topological polar surface area (TPSA) is 106 Å². The Bertz CT molecular complexity index is 1650. The fourth-order valence-corrected chi connectivity index (χ4v) is 4.10. The lowest BCUT2D eigenvalue weighted by Gasteiger charge is -2.10. The molecule has 0 fully saturated rings. The maximum Gasteiger partial charge on any atom is 0.265 e. The van der Waals surface area contributed by atoms with Crippen LogP contribution in [-0.4, -0.2) is 58.3 Å². The quantitative estimate of drug-likeness (QED) is 0.335. The zero-order valence-corrected chi connectivity index (χ0v) is 19.8. The first kappa shape index (κ1) is 22.5. The summed E-state index contributed by atoms with van der Waals surface area (Å²) < 4.78 is 19.2. The van der Waals surface area contributed by atoms with Gasteiger partial charge in [0.15, 0.2) is 22.8 Å². The smallest absolute Gasteiger partial charge is 0.265 e. The second-order valence-electron chi connectivity index (χ2n) is 7.83. The fourth-order valence-electron chi connectivity index (χ4n) is 4.10. The van der Waals surface area contributed by atoms with Gasteiger partial charge in [-0.2, -0.15) is 9.78 Å². The number of hydrogen-bond acceptors (Lipinski definition) is 8. The summed E-state index contributed by atoms with van der Waals surface area (Å²) in [5.41, 5.74) is 3.11. The van der Waals surface area contributed by atoms with E-state index in [-0.39, 0.29) is 5.56 Å². The largest absolute Gasteiger partial charge is 0.493 e. The Balaban J connectivity index is 1.82. The number of methoxy groups -OCH3 is 3. The molecule has 5 aromatic rings. The van der Waals surface area contributed by atoms with Crippen molar-refractivity contribution >= 4 is 39.4 Å². The van der Waals surface area contributed by atoms with Gasteiger partial charge in [-0.1, -0.05) is 18.2 Å². The highest BCUT2D eigenvalue weighted by molar-refractivity contribution is 6.05. The minimum atomic E-state index is -0.216. The van der Waals surface area contributed by atoms with Gasteiger partial charge in [0.25, 0.3) is 5.56 Å². The standard InChI is InChI=1S/C25H24N6O4/c1-15-27-23-20(25(32)30(15)12-13-33-2)21-24(29-18-10-6-5-9-17(18)28-21)31(23)26-14-16-8-7-11-19(34-3)22(16)35-4/h5-11,14H,12-13H2,1-4H3/b26-14+. The van der Waals surface area contributed by atoms with E-state index in [1.165, 1.54) is 0 Å². The summed E-state index contributed by atoms with van der Waals surface area (Å²) in [5, 5.41) is 5.03. The van der Waals surface area contributed by atoms with Crippen molar-refractivity contribution in [2.24, 2.45) is 5.10 Å². The molecule has 0 aliphatic rings. The summed E-state index contributed by atoms with van der Waals surface area (Å²) in [6.07, 6.45) is 1.63. The van der Waals surface area contributed by atoms with Crippen LogP contribution >= 0.6 is 0 Å². The highest BCUT2D eigenvalue weighted by atomic mass is 16.5. The third kappa shape index (κ3) is 3.77. The third-order valence-corrected chi connectivity index (χ3v) is 5.80. The first-order valence-electron chi connectivity index (χ1n) is 11.0. The molecule has 0 aliphatic carbocycles. The van der Waals surface area contributed by atoms with Crippen molar-refractivity contribution in [1.82, 2.24) is 24.2 Å². The second-order valence-corrected chi connectivity index (χ2v) is 7.83. The zero-order valence-electron chi connectivity index (χ0n) is 19.8. The lowest BCUT2D eigenvalue weighted by Crippen LogP contribution is -2.25. The number of ether oxygens (including phenoxy) is 3. The van der Waals surface area contributed by atoms with Crippen molar-refractivity contribution in [3.63, 3.8) is 0 Å². The summed E-state index contributed by atoms with van der Waals surface area (Å²) in [6, 6.07) is 13.0. The molecule has 0 spiro atoms. The molecular formula is C25H24N6O4. The van der Waals surface area contributed by atoms with E-state index >= 15 is 0 Å². The molecule has 0 radical (unpaired) electrons. The normalized spacial score (nSPS) is 11.8. The number of fused-ring (bicyclic) bond motifs is 4.